The number of carbonyl (C=O) groups is 1. The van der Waals surface area contributed by atoms with Crippen LogP contribution in [-0.2, 0) is 4.79 Å². The van der Waals surface area contributed by atoms with Gasteiger partial charge in [-0.2, -0.15) is 0 Å². The number of nitrogen functional groups attached to an aromatic ring is 1. The Bertz CT molecular complexity index is 289. The number of carbonyl (C=O) groups excluding carboxylic acids is 1. The fourth-order valence-electron chi connectivity index (χ4n) is 0.925. The van der Waals surface area contributed by atoms with Crippen LogP contribution < -0.4 is 11.1 Å². The van der Waals surface area contributed by atoms with Gasteiger partial charge in [-0.25, -0.2) is 0 Å². The molecule has 0 aliphatic heterocycles. The van der Waals surface area contributed by atoms with E-state index in [-0.39, 0.29) is 5.91 Å². The number of aryl methyl sites for hydroxylation is 1. The third-order valence-corrected chi connectivity index (χ3v) is 1.47. The van der Waals surface area contributed by atoms with Gasteiger partial charge in [0.15, 0.2) is 0 Å². The van der Waals surface area contributed by atoms with Gasteiger partial charge < -0.3 is 11.1 Å². The topological polar surface area (TPSA) is 68.0 Å². The molecule has 3 N–H and O–H groups in total. The first-order chi connectivity index (χ1) is 5.61. The average molecular weight is 165 g/mol. The van der Waals surface area contributed by atoms with Crippen molar-refractivity contribution in [2.75, 3.05) is 11.1 Å². The maximum absolute atomic E-state index is 10.7. The maximum Gasteiger partial charge on any atom is 0.221 e. The zero-order chi connectivity index (χ0) is 9.14. The van der Waals surface area contributed by atoms with Crippen molar-refractivity contribution in [3.05, 3.63) is 18.0 Å². The number of rotatable bonds is 1. The van der Waals surface area contributed by atoms with Crippen molar-refractivity contribution in [1.29, 1.82) is 0 Å². The summed E-state index contributed by atoms with van der Waals surface area (Å²) >= 11 is 0. The van der Waals surface area contributed by atoms with Gasteiger partial charge in [0.25, 0.3) is 0 Å². The van der Waals surface area contributed by atoms with Crippen molar-refractivity contribution in [2.24, 2.45) is 0 Å². The van der Waals surface area contributed by atoms with E-state index in [9.17, 15) is 4.79 Å². The Kier molecular flexibility index (Phi) is 2.28. The van der Waals surface area contributed by atoms with Crippen molar-refractivity contribution in [1.82, 2.24) is 4.98 Å². The molecule has 0 saturated carbocycles. The van der Waals surface area contributed by atoms with Gasteiger partial charge in [0.2, 0.25) is 5.91 Å². The predicted octanol–water partition coefficient (Wildman–Crippen LogP) is 0.931. The minimum absolute atomic E-state index is 0.141. The quantitative estimate of drug-likeness (QED) is 0.650. The molecule has 0 fully saturated rings. The third kappa shape index (κ3) is 1.72. The third-order valence-electron chi connectivity index (χ3n) is 1.47. The maximum atomic E-state index is 10.7. The molecule has 0 atom stereocenters. The lowest BCUT2D eigenvalue weighted by Gasteiger charge is -2.07. The second kappa shape index (κ2) is 3.21. The Morgan fingerprint density at radius 3 is 2.83 bits per heavy atom. The SMILES string of the molecule is CC(=O)Nc1c(N)ccnc1C. The van der Waals surface area contributed by atoms with E-state index in [4.69, 9.17) is 5.73 Å². The van der Waals surface area contributed by atoms with Crippen LogP contribution in [0.15, 0.2) is 12.3 Å². The molecule has 1 aromatic heterocycles. The van der Waals surface area contributed by atoms with Crippen LogP contribution in [0, 0.1) is 6.92 Å². The van der Waals surface area contributed by atoms with Gasteiger partial charge in [-0.15, -0.1) is 0 Å². The van der Waals surface area contributed by atoms with Gasteiger partial charge in [0.05, 0.1) is 17.1 Å². The summed E-state index contributed by atoms with van der Waals surface area (Å²) in [6.07, 6.45) is 1.61. The smallest absolute Gasteiger partial charge is 0.221 e. The van der Waals surface area contributed by atoms with Gasteiger partial charge in [0, 0.05) is 13.1 Å². The van der Waals surface area contributed by atoms with Gasteiger partial charge in [-0.1, -0.05) is 0 Å². The number of aromatic nitrogens is 1. The highest BCUT2D eigenvalue weighted by atomic mass is 16.1. The molecule has 4 nitrogen and oxygen atoms in total. The van der Waals surface area contributed by atoms with Crippen molar-refractivity contribution in [3.63, 3.8) is 0 Å². The number of nitrogens with one attached hydrogen (secondary N) is 1. The fourth-order valence-corrected chi connectivity index (χ4v) is 0.925. The highest BCUT2D eigenvalue weighted by Gasteiger charge is 2.03. The lowest BCUT2D eigenvalue weighted by atomic mass is 10.2. The standard InChI is InChI=1S/C8H11N3O/c1-5-8(11-6(2)12)7(9)3-4-10-5/h3-4H,1-2H3,(H2,9,10)(H,11,12). The zero-order valence-corrected chi connectivity index (χ0v) is 7.09. The molecule has 0 aliphatic carbocycles. The Morgan fingerprint density at radius 1 is 1.67 bits per heavy atom. The van der Waals surface area contributed by atoms with E-state index in [1.807, 2.05) is 0 Å². The second-order valence-electron chi connectivity index (χ2n) is 2.54. The van der Waals surface area contributed by atoms with Crippen LogP contribution in [0.5, 0.6) is 0 Å². The number of pyridine rings is 1. The van der Waals surface area contributed by atoms with Crippen molar-refractivity contribution < 1.29 is 4.79 Å². The number of anilines is 2. The largest absolute Gasteiger partial charge is 0.397 e. The minimum atomic E-state index is -0.141. The Hall–Kier alpha value is -1.58. The summed E-state index contributed by atoms with van der Waals surface area (Å²) in [6, 6.07) is 1.65. The normalized spacial score (nSPS) is 9.50. The molecular weight excluding hydrogens is 154 g/mol. The van der Waals surface area contributed by atoms with Crippen LogP contribution in [0.3, 0.4) is 0 Å². The van der Waals surface area contributed by atoms with E-state index in [2.05, 4.69) is 10.3 Å². The summed E-state index contributed by atoms with van der Waals surface area (Å²) in [4.78, 5) is 14.7. The molecule has 0 aromatic carbocycles. The fraction of sp³-hybridized carbons (Fsp3) is 0.250. The van der Waals surface area contributed by atoms with Crippen molar-refractivity contribution >= 4 is 17.3 Å². The Morgan fingerprint density at radius 2 is 2.33 bits per heavy atom. The monoisotopic (exact) mass is 165 g/mol. The molecule has 64 valence electrons. The molecule has 0 spiro atoms. The number of hydrogen-bond acceptors (Lipinski definition) is 3. The predicted molar refractivity (Wildman–Crippen MR) is 47.7 cm³/mol. The van der Waals surface area contributed by atoms with E-state index in [1.165, 1.54) is 6.92 Å². The second-order valence-corrected chi connectivity index (χ2v) is 2.54. The highest BCUT2D eigenvalue weighted by molar-refractivity contribution is 5.92. The summed E-state index contributed by atoms with van der Waals surface area (Å²) < 4.78 is 0. The first-order valence-corrected chi connectivity index (χ1v) is 3.60. The summed E-state index contributed by atoms with van der Waals surface area (Å²) in [7, 11) is 0. The summed E-state index contributed by atoms with van der Waals surface area (Å²) in [5.41, 5.74) is 7.48. The van der Waals surface area contributed by atoms with E-state index in [0.29, 0.717) is 11.4 Å². The zero-order valence-electron chi connectivity index (χ0n) is 7.09. The Balaban J connectivity index is 3.04. The van der Waals surface area contributed by atoms with Crippen LogP contribution in [0.2, 0.25) is 0 Å². The molecule has 1 rings (SSSR count). The number of nitrogens with zero attached hydrogens (tertiary/aromatic N) is 1. The van der Waals surface area contributed by atoms with Crippen molar-refractivity contribution in [3.8, 4) is 0 Å². The molecule has 0 bridgehead atoms. The lowest BCUT2D eigenvalue weighted by molar-refractivity contribution is -0.114. The van der Waals surface area contributed by atoms with Crippen molar-refractivity contribution in [2.45, 2.75) is 13.8 Å². The summed E-state index contributed by atoms with van der Waals surface area (Å²) in [5, 5.41) is 2.61. The van der Waals surface area contributed by atoms with Gasteiger partial charge in [-0.05, 0) is 13.0 Å². The van der Waals surface area contributed by atoms with E-state index < -0.39 is 0 Å². The molecular formula is C8H11N3O. The first-order valence-electron chi connectivity index (χ1n) is 3.60. The summed E-state index contributed by atoms with van der Waals surface area (Å²) in [5.74, 6) is -0.141. The molecule has 1 amide bonds. The van der Waals surface area contributed by atoms with E-state index in [1.54, 1.807) is 19.2 Å². The van der Waals surface area contributed by atoms with Crippen LogP contribution in [0.1, 0.15) is 12.6 Å². The van der Waals surface area contributed by atoms with Crippen LogP contribution in [0.4, 0.5) is 11.4 Å². The molecule has 0 unspecified atom stereocenters. The number of hydrogen-bond donors (Lipinski definition) is 2. The molecule has 12 heavy (non-hydrogen) atoms. The average Bonchev–Trinajstić information content (AvgIpc) is 1.97. The van der Waals surface area contributed by atoms with E-state index in [0.717, 1.165) is 5.69 Å². The molecule has 1 aromatic rings. The minimum Gasteiger partial charge on any atom is -0.397 e. The van der Waals surface area contributed by atoms with Crippen LogP contribution in [-0.4, -0.2) is 10.9 Å². The van der Waals surface area contributed by atoms with E-state index >= 15 is 0 Å². The van der Waals surface area contributed by atoms with Gasteiger partial charge in [-0.3, -0.25) is 9.78 Å². The van der Waals surface area contributed by atoms with Crippen LogP contribution in [0.25, 0.3) is 0 Å². The molecule has 0 radical (unpaired) electrons. The highest BCUT2D eigenvalue weighted by Crippen LogP contribution is 2.19. The molecule has 1 heterocycles. The lowest BCUT2D eigenvalue weighted by Crippen LogP contribution is -2.10. The molecule has 0 saturated heterocycles. The molecule has 0 aliphatic rings. The van der Waals surface area contributed by atoms with Gasteiger partial charge in [0.1, 0.15) is 0 Å². The number of amides is 1. The van der Waals surface area contributed by atoms with Crippen LogP contribution >= 0.6 is 0 Å². The molecule has 4 heteroatoms. The summed E-state index contributed by atoms with van der Waals surface area (Å²) in [6.45, 7) is 3.23. The van der Waals surface area contributed by atoms with Gasteiger partial charge >= 0.3 is 0 Å². The first kappa shape index (κ1) is 8.52. The Labute approximate surface area is 70.8 Å². The number of nitrogens with two attached hydrogens (primary N) is 1.